The number of aryl methyl sites for hydroxylation is 2. The third-order valence-corrected chi connectivity index (χ3v) is 4.16. The highest BCUT2D eigenvalue weighted by Gasteiger charge is 2.13. The highest BCUT2D eigenvalue weighted by Crippen LogP contribution is 2.23. The molecule has 0 saturated carbocycles. The molecule has 0 atom stereocenters. The van der Waals surface area contributed by atoms with Crippen LogP contribution in [0.3, 0.4) is 0 Å². The minimum absolute atomic E-state index is 0.811. The normalized spacial score (nSPS) is 10.8. The van der Waals surface area contributed by atoms with Crippen molar-refractivity contribution >= 4 is 21.7 Å². The molecule has 0 aromatic carbocycles. The minimum atomic E-state index is 0.811. The summed E-state index contributed by atoms with van der Waals surface area (Å²) in [6, 6.07) is 1.94. The van der Waals surface area contributed by atoms with E-state index in [-0.39, 0.29) is 0 Å². The summed E-state index contributed by atoms with van der Waals surface area (Å²) in [5, 5.41) is 7.79. The van der Waals surface area contributed by atoms with E-state index < -0.39 is 0 Å². The Labute approximate surface area is 128 Å². The van der Waals surface area contributed by atoms with Crippen molar-refractivity contribution in [2.45, 2.75) is 40.5 Å². The molecule has 1 N–H and O–H groups in total. The van der Waals surface area contributed by atoms with Gasteiger partial charge in [-0.15, -0.1) is 0 Å². The van der Waals surface area contributed by atoms with E-state index in [0.717, 1.165) is 52.7 Å². The molecule has 0 amide bonds. The maximum absolute atomic E-state index is 4.62. The van der Waals surface area contributed by atoms with E-state index in [1.165, 1.54) is 0 Å². The van der Waals surface area contributed by atoms with Gasteiger partial charge in [0.1, 0.15) is 11.6 Å². The molecule has 0 fully saturated rings. The van der Waals surface area contributed by atoms with Crippen molar-refractivity contribution in [2.24, 2.45) is 0 Å². The fraction of sp³-hybridized carbons (Fsp3) is 0.500. The lowest BCUT2D eigenvalue weighted by atomic mass is 10.3. The van der Waals surface area contributed by atoms with Crippen LogP contribution in [0.4, 0.5) is 5.82 Å². The Bertz CT molecular complexity index is 582. The van der Waals surface area contributed by atoms with Crippen LogP contribution in [-0.4, -0.2) is 26.3 Å². The van der Waals surface area contributed by atoms with Crippen molar-refractivity contribution in [1.82, 2.24) is 19.7 Å². The molecule has 20 heavy (non-hydrogen) atoms. The van der Waals surface area contributed by atoms with Crippen LogP contribution in [0.15, 0.2) is 10.5 Å². The van der Waals surface area contributed by atoms with Crippen molar-refractivity contribution in [3.8, 4) is 5.82 Å². The molecule has 0 aliphatic carbocycles. The van der Waals surface area contributed by atoms with Crippen LogP contribution in [0.5, 0.6) is 0 Å². The fourth-order valence-electron chi connectivity index (χ4n) is 2.05. The summed E-state index contributed by atoms with van der Waals surface area (Å²) >= 11 is 3.55. The molecule has 2 aromatic rings. The third kappa shape index (κ3) is 3.00. The zero-order valence-corrected chi connectivity index (χ0v) is 14.0. The number of nitrogens with one attached hydrogen (secondary N) is 1. The average molecular weight is 338 g/mol. The van der Waals surface area contributed by atoms with Gasteiger partial charge in [-0.05, 0) is 43.1 Å². The predicted octanol–water partition coefficient (Wildman–Crippen LogP) is 3.43. The lowest BCUT2D eigenvalue weighted by molar-refractivity contribution is 0.766. The van der Waals surface area contributed by atoms with E-state index in [0.29, 0.717) is 0 Å². The first-order valence-electron chi connectivity index (χ1n) is 6.90. The van der Waals surface area contributed by atoms with E-state index >= 15 is 0 Å². The van der Waals surface area contributed by atoms with Gasteiger partial charge in [-0.3, -0.25) is 0 Å². The second kappa shape index (κ2) is 6.35. The number of nitrogens with zero attached hydrogens (tertiary/aromatic N) is 4. The molecule has 0 aliphatic rings. The lowest BCUT2D eigenvalue weighted by Gasteiger charge is -2.09. The van der Waals surface area contributed by atoms with E-state index in [2.05, 4.69) is 50.2 Å². The Balaban J connectivity index is 2.51. The van der Waals surface area contributed by atoms with Gasteiger partial charge in [0.05, 0.1) is 15.9 Å². The molecule has 2 heterocycles. The third-order valence-electron chi connectivity index (χ3n) is 3.01. The fourth-order valence-corrected chi connectivity index (χ4v) is 2.29. The molecule has 0 unspecified atom stereocenters. The molecular weight excluding hydrogens is 318 g/mol. The number of halogens is 1. The molecule has 108 valence electrons. The molecule has 5 nitrogen and oxygen atoms in total. The van der Waals surface area contributed by atoms with Gasteiger partial charge in [0.25, 0.3) is 0 Å². The maximum Gasteiger partial charge on any atom is 0.159 e. The van der Waals surface area contributed by atoms with Crippen LogP contribution in [0.1, 0.15) is 37.5 Å². The van der Waals surface area contributed by atoms with Gasteiger partial charge >= 0.3 is 0 Å². The van der Waals surface area contributed by atoms with Gasteiger partial charge < -0.3 is 5.32 Å². The van der Waals surface area contributed by atoms with Gasteiger partial charge in [-0.1, -0.05) is 6.92 Å². The second-order valence-electron chi connectivity index (χ2n) is 4.70. The molecule has 2 rings (SSSR count). The van der Waals surface area contributed by atoms with Crippen molar-refractivity contribution < 1.29 is 0 Å². The summed E-state index contributed by atoms with van der Waals surface area (Å²) in [4.78, 5) is 9.14. The van der Waals surface area contributed by atoms with Crippen LogP contribution < -0.4 is 5.32 Å². The summed E-state index contributed by atoms with van der Waals surface area (Å²) in [6.45, 7) is 9.03. The maximum atomic E-state index is 4.62. The quantitative estimate of drug-likeness (QED) is 0.908. The first-order chi connectivity index (χ1) is 9.56. The van der Waals surface area contributed by atoms with E-state index in [4.69, 9.17) is 0 Å². The first kappa shape index (κ1) is 15.0. The predicted molar refractivity (Wildman–Crippen MR) is 84.5 cm³/mol. The Morgan fingerprint density at radius 2 is 2.00 bits per heavy atom. The molecule has 2 aromatic heterocycles. The van der Waals surface area contributed by atoms with Crippen LogP contribution in [0.25, 0.3) is 5.82 Å². The minimum Gasteiger partial charge on any atom is -0.370 e. The van der Waals surface area contributed by atoms with E-state index in [1.54, 1.807) is 0 Å². The van der Waals surface area contributed by atoms with Crippen molar-refractivity contribution in [1.29, 1.82) is 0 Å². The Kier molecular flexibility index (Phi) is 4.75. The molecular formula is C14H20BrN5. The molecule has 0 saturated heterocycles. The highest BCUT2D eigenvalue weighted by molar-refractivity contribution is 9.10. The van der Waals surface area contributed by atoms with Crippen LogP contribution in [0.2, 0.25) is 0 Å². The number of hydrogen-bond acceptors (Lipinski definition) is 4. The van der Waals surface area contributed by atoms with E-state index in [1.807, 2.05) is 24.6 Å². The van der Waals surface area contributed by atoms with Crippen molar-refractivity contribution in [3.63, 3.8) is 0 Å². The summed E-state index contributed by atoms with van der Waals surface area (Å²) in [6.07, 6.45) is 1.89. The average Bonchev–Trinajstić information content (AvgIpc) is 2.67. The van der Waals surface area contributed by atoms with Crippen molar-refractivity contribution in [3.05, 3.63) is 27.8 Å². The van der Waals surface area contributed by atoms with Crippen LogP contribution in [0, 0.1) is 13.8 Å². The molecule has 0 spiro atoms. The number of anilines is 1. The number of aromatic nitrogens is 4. The zero-order valence-electron chi connectivity index (χ0n) is 12.4. The van der Waals surface area contributed by atoms with Gasteiger partial charge in [0.2, 0.25) is 0 Å². The summed E-state index contributed by atoms with van der Waals surface area (Å²) in [7, 11) is 0. The lowest BCUT2D eigenvalue weighted by Crippen LogP contribution is -2.09. The molecule has 6 heteroatoms. The van der Waals surface area contributed by atoms with Gasteiger partial charge in [-0.2, -0.15) is 5.10 Å². The van der Waals surface area contributed by atoms with Gasteiger partial charge in [0.15, 0.2) is 5.82 Å². The summed E-state index contributed by atoms with van der Waals surface area (Å²) < 4.78 is 2.89. The van der Waals surface area contributed by atoms with Crippen molar-refractivity contribution in [2.75, 3.05) is 11.9 Å². The van der Waals surface area contributed by atoms with Gasteiger partial charge in [-0.25, -0.2) is 14.6 Å². The largest absolute Gasteiger partial charge is 0.370 e. The van der Waals surface area contributed by atoms with Crippen LogP contribution >= 0.6 is 15.9 Å². The highest BCUT2D eigenvalue weighted by atomic mass is 79.9. The smallest absolute Gasteiger partial charge is 0.159 e. The summed E-state index contributed by atoms with van der Waals surface area (Å²) in [5.74, 6) is 2.51. The monoisotopic (exact) mass is 337 g/mol. The second-order valence-corrected chi connectivity index (χ2v) is 5.50. The Hall–Kier alpha value is -1.43. The Morgan fingerprint density at radius 1 is 1.25 bits per heavy atom. The summed E-state index contributed by atoms with van der Waals surface area (Å²) in [5.41, 5.74) is 2.01. The van der Waals surface area contributed by atoms with Gasteiger partial charge in [0, 0.05) is 19.0 Å². The molecule has 0 aliphatic heterocycles. The molecule has 0 radical (unpaired) electrons. The Morgan fingerprint density at radius 3 is 2.55 bits per heavy atom. The van der Waals surface area contributed by atoms with Crippen LogP contribution in [-0.2, 0) is 6.42 Å². The SMILES string of the molecule is CCCc1nc(NCC)cc(-n2nc(C)c(Br)c2C)n1. The number of rotatable bonds is 5. The standard InChI is InChI=1S/C14H20BrN5/c1-5-7-11-17-12(16-6-2)8-13(18-11)20-10(4)14(15)9(3)19-20/h8H,5-7H2,1-4H3,(H,16,17,18). The van der Waals surface area contributed by atoms with E-state index in [9.17, 15) is 0 Å². The molecule has 0 bridgehead atoms. The number of hydrogen-bond donors (Lipinski definition) is 1. The first-order valence-corrected chi connectivity index (χ1v) is 7.70. The zero-order chi connectivity index (χ0) is 14.7. The topological polar surface area (TPSA) is 55.6 Å².